The summed E-state index contributed by atoms with van der Waals surface area (Å²) in [6.45, 7) is 6.17. The monoisotopic (exact) mass is 70.1 g/mol. The molecular weight excluding hydrogens is 60.1 g/mol. The summed E-state index contributed by atoms with van der Waals surface area (Å²) in [4.78, 5) is 0. The van der Waals surface area contributed by atoms with Crippen molar-refractivity contribution in [2.45, 2.75) is 20.8 Å². The third-order valence-corrected chi connectivity index (χ3v) is 0.577. The van der Waals surface area contributed by atoms with Gasteiger partial charge in [0.15, 0.2) is 0 Å². The maximum atomic E-state index is 3.03. The lowest BCUT2D eigenvalue weighted by atomic mass is 10.2. The highest BCUT2D eigenvalue weighted by Crippen LogP contribution is 1.92. The smallest absolute Gasteiger partial charge is 0.0179 e. The van der Waals surface area contributed by atoms with Gasteiger partial charge in [-0.2, -0.15) is 0 Å². The minimum atomic E-state index is 0.634. The van der Waals surface area contributed by atoms with Crippen LogP contribution in [0.15, 0.2) is 0 Å². The normalized spacial score (nSPS) is 9.60. The Bertz CT molecular complexity index is 14.0. The van der Waals surface area contributed by atoms with Gasteiger partial charge in [0, 0.05) is 0 Å². The summed E-state index contributed by atoms with van der Waals surface area (Å²) in [5, 5.41) is 0. The van der Waals surface area contributed by atoms with E-state index < -0.39 is 0 Å². The van der Waals surface area contributed by atoms with Crippen molar-refractivity contribution in [2.24, 2.45) is 5.92 Å². The first-order chi connectivity index (χ1) is 2.27. The van der Waals surface area contributed by atoms with Gasteiger partial charge >= 0.3 is 0 Å². The highest BCUT2D eigenvalue weighted by Gasteiger charge is 1.81. The van der Waals surface area contributed by atoms with Crippen molar-refractivity contribution in [3.63, 3.8) is 0 Å². The van der Waals surface area contributed by atoms with E-state index >= 15 is 0 Å². The first kappa shape index (κ1) is 5.00. The molecule has 0 unspecified atom stereocenters. The standard InChI is InChI=1S/C5H10/c1-4-5(2)3/h5H,1-3H3. The van der Waals surface area contributed by atoms with E-state index in [0.717, 1.165) is 0 Å². The zero-order chi connectivity index (χ0) is 4.28. The molecule has 0 rings (SSSR count). The second kappa shape index (κ2) is 2.25. The molecule has 0 saturated heterocycles. The van der Waals surface area contributed by atoms with Gasteiger partial charge in [-0.15, -0.1) is 0 Å². The number of hydrogen-bond donors (Lipinski definition) is 0. The fourth-order valence-corrected chi connectivity index (χ4v) is 0. The van der Waals surface area contributed by atoms with E-state index in [1.54, 1.807) is 0 Å². The summed E-state index contributed by atoms with van der Waals surface area (Å²) in [5.74, 6) is 0.634. The van der Waals surface area contributed by atoms with Crippen LogP contribution in [0.4, 0.5) is 0 Å². The van der Waals surface area contributed by atoms with Crippen LogP contribution in [0.5, 0.6) is 0 Å². The molecule has 0 heterocycles. The molecule has 0 nitrogen and oxygen atoms in total. The lowest BCUT2D eigenvalue weighted by Gasteiger charge is -1.89. The van der Waals surface area contributed by atoms with E-state index in [4.69, 9.17) is 0 Å². The molecule has 0 aromatic rings. The minimum absolute atomic E-state index is 0.634. The molecular formula is C5H10. The summed E-state index contributed by atoms with van der Waals surface area (Å²) < 4.78 is 0. The first-order valence-corrected chi connectivity index (χ1v) is 1.94. The third-order valence-electron chi connectivity index (χ3n) is 0.577. The van der Waals surface area contributed by atoms with Crippen molar-refractivity contribution in [1.82, 2.24) is 0 Å². The van der Waals surface area contributed by atoms with Crippen LogP contribution in [0.1, 0.15) is 20.8 Å². The Balaban J connectivity index is 2.54. The van der Waals surface area contributed by atoms with Gasteiger partial charge in [0.05, 0.1) is 0 Å². The molecule has 0 heteroatoms. The van der Waals surface area contributed by atoms with Gasteiger partial charge in [-0.05, 0) is 12.3 Å². The Kier molecular flexibility index (Phi) is 2.25. The molecule has 0 spiro atoms. The summed E-state index contributed by atoms with van der Waals surface area (Å²) in [5.41, 5.74) is 0. The molecule has 0 aromatic carbocycles. The predicted molar refractivity (Wildman–Crippen MR) is 23.8 cm³/mol. The lowest BCUT2D eigenvalue weighted by molar-refractivity contribution is 0.762. The van der Waals surface area contributed by atoms with Crippen LogP contribution in [0.25, 0.3) is 0 Å². The lowest BCUT2D eigenvalue weighted by Crippen LogP contribution is -1.78. The number of rotatable bonds is 1. The maximum Gasteiger partial charge on any atom is -0.0179 e. The van der Waals surface area contributed by atoms with Gasteiger partial charge in [0.25, 0.3) is 0 Å². The van der Waals surface area contributed by atoms with E-state index in [9.17, 15) is 0 Å². The predicted octanol–water partition coefficient (Wildman–Crippen LogP) is 1.74. The minimum Gasteiger partial charge on any atom is -0.0622 e. The molecule has 5 heavy (non-hydrogen) atoms. The molecule has 0 atom stereocenters. The topological polar surface area (TPSA) is 0 Å². The van der Waals surface area contributed by atoms with E-state index in [1.807, 2.05) is 6.92 Å². The molecule has 0 aliphatic carbocycles. The summed E-state index contributed by atoms with van der Waals surface area (Å²) in [6.07, 6.45) is 3.03. The summed E-state index contributed by atoms with van der Waals surface area (Å²) in [7, 11) is 0. The SMILES string of the molecule is C[C]C(C)C. The van der Waals surface area contributed by atoms with Gasteiger partial charge in [0.1, 0.15) is 0 Å². The van der Waals surface area contributed by atoms with Crippen LogP contribution < -0.4 is 0 Å². The van der Waals surface area contributed by atoms with Crippen molar-refractivity contribution >= 4 is 0 Å². The van der Waals surface area contributed by atoms with Crippen LogP contribution in [0.2, 0.25) is 0 Å². The van der Waals surface area contributed by atoms with Crippen LogP contribution in [-0.2, 0) is 0 Å². The van der Waals surface area contributed by atoms with E-state index in [1.165, 1.54) is 0 Å². The van der Waals surface area contributed by atoms with Crippen molar-refractivity contribution in [1.29, 1.82) is 0 Å². The van der Waals surface area contributed by atoms with Crippen molar-refractivity contribution < 1.29 is 0 Å². The van der Waals surface area contributed by atoms with Crippen LogP contribution in [0.3, 0.4) is 0 Å². The van der Waals surface area contributed by atoms with Gasteiger partial charge < -0.3 is 0 Å². The maximum absolute atomic E-state index is 3.03. The molecule has 30 valence electrons. The summed E-state index contributed by atoms with van der Waals surface area (Å²) in [6, 6.07) is 0. The fraction of sp³-hybridized carbons (Fsp3) is 0.800. The van der Waals surface area contributed by atoms with Gasteiger partial charge in [-0.3, -0.25) is 0 Å². The molecule has 0 aromatic heterocycles. The average Bonchev–Trinajstić information content (AvgIpc) is 1.38. The van der Waals surface area contributed by atoms with Crippen molar-refractivity contribution in [2.75, 3.05) is 0 Å². The van der Waals surface area contributed by atoms with Gasteiger partial charge in [0.2, 0.25) is 0 Å². The Hall–Kier alpha value is 0. The summed E-state index contributed by atoms with van der Waals surface area (Å²) >= 11 is 0. The second-order valence-corrected chi connectivity index (χ2v) is 1.44. The van der Waals surface area contributed by atoms with Gasteiger partial charge in [-0.25, -0.2) is 0 Å². The van der Waals surface area contributed by atoms with E-state index in [0.29, 0.717) is 5.92 Å². The molecule has 0 aliphatic heterocycles. The Labute approximate surface area is 34.2 Å². The molecule has 0 amide bonds. The van der Waals surface area contributed by atoms with Gasteiger partial charge in [-0.1, -0.05) is 20.8 Å². The Morgan fingerprint density at radius 2 is 1.60 bits per heavy atom. The zero-order valence-corrected chi connectivity index (χ0v) is 4.08. The van der Waals surface area contributed by atoms with Crippen LogP contribution in [0, 0.1) is 12.3 Å². The first-order valence-electron chi connectivity index (χ1n) is 1.94. The van der Waals surface area contributed by atoms with Crippen molar-refractivity contribution in [3.8, 4) is 0 Å². The Morgan fingerprint density at radius 1 is 1.40 bits per heavy atom. The molecule has 2 radical (unpaired) electrons. The quantitative estimate of drug-likeness (QED) is 0.441. The van der Waals surface area contributed by atoms with Crippen LogP contribution >= 0.6 is 0 Å². The largest absolute Gasteiger partial charge is 0.0622 e. The zero-order valence-electron chi connectivity index (χ0n) is 4.08. The average molecular weight is 70.1 g/mol. The molecule has 0 aliphatic rings. The third kappa shape index (κ3) is 4.00. The van der Waals surface area contributed by atoms with E-state index in [-0.39, 0.29) is 0 Å². The second-order valence-electron chi connectivity index (χ2n) is 1.44. The molecule has 0 saturated carbocycles. The van der Waals surface area contributed by atoms with E-state index in [2.05, 4.69) is 20.3 Å². The fourth-order valence-electron chi connectivity index (χ4n) is 0. The molecule has 0 N–H and O–H groups in total. The molecule has 0 bridgehead atoms. The molecule has 0 fully saturated rings. The highest BCUT2D eigenvalue weighted by atomic mass is 13.9. The Morgan fingerprint density at radius 3 is 1.60 bits per heavy atom. The number of hydrogen-bond acceptors (Lipinski definition) is 0. The highest BCUT2D eigenvalue weighted by molar-refractivity contribution is 4.58. The van der Waals surface area contributed by atoms with Crippen molar-refractivity contribution in [3.05, 3.63) is 6.42 Å². The van der Waals surface area contributed by atoms with Crippen LogP contribution in [-0.4, -0.2) is 0 Å².